The van der Waals surface area contributed by atoms with Crippen LogP contribution in [0.2, 0.25) is 0 Å². The highest BCUT2D eigenvalue weighted by Gasteiger charge is 2.49. The lowest BCUT2D eigenvalue weighted by Crippen LogP contribution is -2.61. The first-order chi connectivity index (χ1) is 8.18. The van der Waals surface area contributed by atoms with Crippen LogP contribution in [0.1, 0.15) is 38.5 Å². The molecular formula is C12H18N2O3. The lowest BCUT2D eigenvalue weighted by atomic mass is 9.89. The van der Waals surface area contributed by atoms with E-state index in [0.717, 1.165) is 25.7 Å². The molecule has 0 aromatic rings. The molecule has 0 aromatic heterocycles. The number of hydrogen-bond donors (Lipinski definition) is 1. The Hall–Kier alpha value is -0.940. The fraction of sp³-hybridized carbons (Fsp3) is 0.833. The van der Waals surface area contributed by atoms with Crippen LogP contribution < -0.4 is 5.73 Å². The van der Waals surface area contributed by atoms with Crippen LogP contribution in [0.5, 0.6) is 0 Å². The smallest absolute Gasteiger partial charge is 0.258 e. The van der Waals surface area contributed by atoms with Gasteiger partial charge < -0.3 is 10.5 Å². The van der Waals surface area contributed by atoms with Crippen LogP contribution in [0, 0.1) is 0 Å². The molecule has 0 spiro atoms. The summed E-state index contributed by atoms with van der Waals surface area (Å²) < 4.78 is 5.40. The molecule has 1 aliphatic carbocycles. The summed E-state index contributed by atoms with van der Waals surface area (Å²) in [5.41, 5.74) is 6.06. The first kappa shape index (κ1) is 11.2. The van der Waals surface area contributed by atoms with Crippen molar-refractivity contribution in [2.75, 3.05) is 0 Å². The van der Waals surface area contributed by atoms with Gasteiger partial charge in [-0.3, -0.25) is 14.5 Å². The maximum Gasteiger partial charge on any atom is 0.258 e. The van der Waals surface area contributed by atoms with E-state index in [0.29, 0.717) is 12.8 Å². The minimum absolute atomic E-state index is 0.0610. The molecule has 2 heterocycles. The second-order valence-electron chi connectivity index (χ2n) is 5.25. The molecule has 2 unspecified atom stereocenters. The average molecular weight is 238 g/mol. The standard InChI is InChI=1S/C12H18N2O3/c13-7-3-1-2-4-8(7)14-11(15)9-5-6-10(17-9)12(14)16/h7-10H,1-6,13H2/t7-,8-,9?,10?/m1/s1. The number of amides is 2. The van der Waals surface area contributed by atoms with E-state index in [4.69, 9.17) is 10.5 Å². The van der Waals surface area contributed by atoms with Crippen molar-refractivity contribution in [3.05, 3.63) is 0 Å². The highest BCUT2D eigenvalue weighted by Crippen LogP contribution is 2.32. The fourth-order valence-corrected chi connectivity index (χ4v) is 3.21. The summed E-state index contributed by atoms with van der Waals surface area (Å²) >= 11 is 0. The SMILES string of the molecule is N[C@@H]1CCCC[C@H]1N1C(=O)C2CCC(O2)C1=O. The summed E-state index contributed by atoms with van der Waals surface area (Å²) in [6, 6.07) is -0.162. The van der Waals surface area contributed by atoms with E-state index in [1.54, 1.807) is 0 Å². The van der Waals surface area contributed by atoms with Crippen LogP contribution in [0.25, 0.3) is 0 Å². The Morgan fingerprint density at radius 3 is 2.18 bits per heavy atom. The lowest BCUT2D eigenvalue weighted by molar-refractivity contribution is -0.172. The van der Waals surface area contributed by atoms with Crippen LogP contribution in [-0.4, -0.2) is 41.0 Å². The van der Waals surface area contributed by atoms with E-state index in [-0.39, 0.29) is 23.9 Å². The minimum atomic E-state index is -0.396. The molecule has 2 amide bonds. The highest BCUT2D eigenvalue weighted by atomic mass is 16.5. The summed E-state index contributed by atoms with van der Waals surface area (Å²) in [6.07, 6.45) is 4.44. The van der Waals surface area contributed by atoms with Gasteiger partial charge in [0.1, 0.15) is 12.2 Å². The van der Waals surface area contributed by atoms with Gasteiger partial charge in [-0.25, -0.2) is 0 Å². The number of likely N-dealkylation sites (tertiary alicyclic amines) is 1. The monoisotopic (exact) mass is 238 g/mol. The number of rotatable bonds is 1. The van der Waals surface area contributed by atoms with E-state index in [9.17, 15) is 9.59 Å². The average Bonchev–Trinajstić information content (AvgIpc) is 2.76. The van der Waals surface area contributed by atoms with Crippen molar-refractivity contribution in [3.8, 4) is 0 Å². The second-order valence-corrected chi connectivity index (χ2v) is 5.25. The number of ether oxygens (including phenoxy) is 1. The summed E-state index contributed by atoms with van der Waals surface area (Å²) in [4.78, 5) is 25.8. The molecule has 17 heavy (non-hydrogen) atoms. The number of nitrogens with two attached hydrogens (primary N) is 1. The quantitative estimate of drug-likeness (QED) is 0.661. The molecular weight excluding hydrogens is 220 g/mol. The predicted octanol–water partition coefficient (Wildman–Crippen LogP) is 0.173. The maximum atomic E-state index is 12.2. The van der Waals surface area contributed by atoms with Gasteiger partial charge >= 0.3 is 0 Å². The van der Waals surface area contributed by atoms with Crippen molar-refractivity contribution in [2.45, 2.75) is 62.8 Å². The van der Waals surface area contributed by atoms with E-state index >= 15 is 0 Å². The number of morpholine rings is 1. The normalized spacial score (nSPS) is 42.1. The zero-order chi connectivity index (χ0) is 12.0. The molecule has 5 heteroatoms. The van der Waals surface area contributed by atoms with Gasteiger partial charge in [0.25, 0.3) is 11.8 Å². The fourth-order valence-electron chi connectivity index (χ4n) is 3.21. The van der Waals surface area contributed by atoms with Crippen molar-refractivity contribution in [3.63, 3.8) is 0 Å². The van der Waals surface area contributed by atoms with Crippen molar-refractivity contribution >= 4 is 11.8 Å². The van der Waals surface area contributed by atoms with Crippen molar-refractivity contribution < 1.29 is 14.3 Å². The molecule has 3 fully saturated rings. The molecule has 2 N–H and O–H groups in total. The number of hydrogen-bond acceptors (Lipinski definition) is 4. The molecule has 4 atom stereocenters. The molecule has 2 bridgehead atoms. The summed E-state index contributed by atoms with van der Waals surface area (Å²) in [5.74, 6) is -0.322. The number of imide groups is 1. The van der Waals surface area contributed by atoms with E-state index in [1.165, 1.54) is 4.90 Å². The number of carbonyl (C=O) groups excluding carboxylic acids is 2. The van der Waals surface area contributed by atoms with E-state index in [1.807, 2.05) is 0 Å². The lowest BCUT2D eigenvalue weighted by Gasteiger charge is -2.40. The van der Waals surface area contributed by atoms with Gasteiger partial charge in [-0.1, -0.05) is 12.8 Å². The Morgan fingerprint density at radius 1 is 1.00 bits per heavy atom. The summed E-state index contributed by atoms with van der Waals surface area (Å²) in [6.45, 7) is 0. The molecule has 0 radical (unpaired) electrons. The Kier molecular flexibility index (Phi) is 2.67. The third-order valence-corrected chi connectivity index (χ3v) is 4.16. The van der Waals surface area contributed by atoms with Gasteiger partial charge in [0.15, 0.2) is 0 Å². The van der Waals surface area contributed by atoms with Gasteiger partial charge in [-0.15, -0.1) is 0 Å². The van der Waals surface area contributed by atoms with E-state index < -0.39 is 12.2 Å². The molecule has 1 saturated carbocycles. The predicted molar refractivity (Wildman–Crippen MR) is 60.0 cm³/mol. The first-order valence-electron chi connectivity index (χ1n) is 6.46. The van der Waals surface area contributed by atoms with Crippen molar-refractivity contribution in [2.24, 2.45) is 5.73 Å². The summed E-state index contributed by atoms with van der Waals surface area (Å²) in [5, 5.41) is 0. The minimum Gasteiger partial charge on any atom is -0.355 e. The number of carbonyl (C=O) groups is 2. The van der Waals surface area contributed by atoms with Crippen LogP contribution in [0.3, 0.4) is 0 Å². The van der Waals surface area contributed by atoms with Crippen molar-refractivity contribution in [1.29, 1.82) is 0 Å². The van der Waals surface area contributed by atoms with Crippen LogP contribution in [0.15, 0.2) is 0 Å². The Labute approximate surface area is 100 Å². The molecule has 3 aliphatic rings. The maximum absolute atomic E-state index is 12.2. The first-order valence-corrected chi connectivity index (χ1v) is 6.46. The van der Waals surface area contributed by atoms with Gasteiger partial charge in [0.05, 0.1) is 6.04 Å². The molecule has 0 aromatic carbocycles. The molecule has 3 rings (SSSR count). The van der Waals surface area contributed by atoms with E-state index in [2.05, 4.69) is 0 Å². The van der Waals surface area contributed by atoms with Crippen LogP contribution >= 0.6 is 0 Å². The molecule has 2 saturated heterocycles. The zero-order valence-electron chi connectivity index (χ0n) is 9.80. The topological polar surface area (TPSA) is 72.6 Å². The Bertz CT molecular complexity index is 336. The van der Waals surface area contributed by atoms with Crippen LogP contribution in [-0.2, 0) is 14.3 Å². The van der Waals surface area contributed by atoms with Crippen molar-refractivity contribution in [1.82, 2.24) is 4.90 Å². The Morgan fingerprint density at radius 2 is 1.59 bits per heavy atom. The Balaban J connectivity index is 1.85. The number of nitrogens with zero attached hydrogens (tertiary/aromatic N) is 1. The van der Waals surface area contributed by atoms with Gasteiger partial charge in [-0.2, -0.15) is 0 Å². The highest BCUT2D eigenvalue weighted by molar-refractivity contribution is 6.02. The molecule has 5 nitrogen and oxygen atoms in total. The van der Waals surface area contributed by atoms with Crippen LogP contribution in [0.4, 0.5) is 0 Å². The molecule has 2 aliphatic heterocycles. The third-order valence-electron chi connectivity index (χ3n) is 4.16. The third kappa shape index (κ3) is 1.68. The van der Waals surface area contributed by atoms with Gasteiger partial charge in [-0.05, 0) is 25.7 Å². The van der Waals surface area contributed by atoms with Gasteiger partial charge in [0, 0.05) is 6.04 Å². The number of fused-ring (bicyclic) bond motifs is 2. The summed E-state index contributed by atoms with van der Waals surface area (Å²) in [7, 11) is 0. The second kappa shape index (κ2) is 4.07. The zero-order valence-corrected chi connectivity index (χ0v) is 9.80. The largest absolute Gasteiger partial charge is 0.355 e. The van der Waals surface area contributed by atoms with Gasteiger partial charge in [0.2, 0.25) is 0 Å². The molecule has 94 valence electrons.